The Balaban J connectivity index is 2.43. The van der Waals surface area contributed by atoms with E-state index >= 15 is 0 Å². The topological polar surface area (TPSA) is 65.5 Å². The zero-order valence-corrected chi connectivity index (χ0v) is 15.1. The van der Waals surface area contributed by atoms with E-state index in [1.54, 1.807) is 0 Å². The summed E-state index contributed by atoms with van der Waals surface area (Å²) in [6.45, 7) is 8.21. The first-order chi connectivity index (χ1) is 10.6. The maximum atomic E-state index is 12.0. The summed E-state index contributed by atoms with van der Waals surface area (Å²) in [6.07, 6.45) is 1.39. The highest BCUT2D eigenvalue weighted by atomic mass is 79.9. The van der Waals surface area contributed by atoms with Crippen LogP contribution in [0.1, 0.15) is 32.3 Å². The average molecular weight is 369 g/mol. The van der Waals surface area contributed by atoms with Crippen molar-refractivity contribution < 1.29 is 4.79 Å². The molecule has 0 aliphatic heterocycles. The third kappa shape index (κ3) is 6.93. The van der Waals surface area contributed by atoms with Crippen LogP contribution in [0, 0.1) is 6.92 Å². The average Bonchev–Trinajstić information content (AvgIpc) is 2.48. The number of aliphatic imine (C=N–C) groups is 1. The first-order valence-corrected chi connectivity index (χ1v) is 8.44. The van der Waals surface area contributed by atoms with Crippen molar-refractivity contribution in [2.45, 2.75) is 33.6 Å². The Morgan fingerprint density at radius 2 is 2.05 bits per heavy atom. The van der Waals surface area contributed by atoms with Crippen LogP contribution in [-0.2, 0) is 4.79 Å². The molecule has 1 aromatic carbocycles. The Hall–Kier alpha value is -1.56. The van der Waals surface area contributed by atoms with Crippen molar-refractivity contribution in [3.05, 3.63) is 28.2 Å². The van der Waals surface area contributed by atoms with E-state index in [4.69, 9.17) is 0 Å². The maximum absolute atomic E-state index is 12.0. The van der Waals surface area contributed by atoms with Gasteiger partial charge in [-0.3, -0.25) is 9.79 Å². The standard InChI is InChI=1S/C16H25BrN4O/c1-4-9-19-16(18-5-2)20-10-8-15(22)21-14-11-13(17)7-6-12(14)3/h6-7,11H,4-5,8-10H2,1-3H3,(H,21,22)(H2,18,19,20). The lowest BCUT2D eigenvalue weighted by Gasteiger charge is -2.12. The molecule has 22 heavy (non-hydrogen) atoms. The van der Waals surface area contributed by atoms with Crippen LogP contribution in [0.4, 0.5) is 5.69 Å². The number of hydrogen-bond acceptors (Lipinski definition) is 2. The number of aryl methyl sites for hydroxylation is 1. The molecule has 1 rings (SSSR count). The van der Waals surface area contributed by atoms with Gasteiger partial charge in [0.05, 0.1) is 0 Å². The summed E-state index contributed by atoms with van der Waals surface area (Å²) in [5.41, 5.74) is 1.88. The molecule has 1 amide bonds. The first-order valence-electron chi connectivity index (χ1n) is 7.65. The highest BCUT2D eigenvalue weighted by molar-refractivity contribution is 9.10. The summed E-state index contributed by atoms with van der Waals surface area (Å²) in [5, 5.41) is 9.26. The summed E-state index contributed by atoms with van der Waals surface area (Å²) < 4.78 is 0.952. The van der Waals surface area contributed by atoms with Crippen LogP contribution in [0.15, 0.2) is 27.7 Å². The number of amides is 1. The quantitative estimate of drug-likeness (QED) is 0.511. The number of nitrogens with one attached hydrogen (secondary N) is 3. The Bertz CT molecular complexity index is 517. The van der Waals surface area contributed by atoms with E-state index in [9.17, 15) is 4.79 Å². The molecule has 0 fully saturated rings. The lowest BCUT2D eigenvalue weighted by atomic mass is 10.2. The zero-order chi connectivity index (χ0) is 16.4. The minimum Gasteiger partial charge on any atom is -0.357 e. The van der Waals surface area contributed by atoms with Crippen LogP contribution in [0.3, 0.4) is 0 Å². The second-order valence-corrected chi connectivity index (χ2v) is 5.86. The van der Waals surface area contributed by atoms with Gasteiger partial charge < -0.3 is 16.0 Å². The molecule has 0 bridgehead atoms. The smallest absolute Gasteiger partial charge is 0.226 e. The number of carbonyl (C=O) groups excluding carboxylic acids is 1. The van der Waals surface area contributed by atoms with Gasteiger partial charge in [0.25, 0.3) is 0 Å². The summed E-state index contributed by atoms with van der Waals surface area (Å²) in [7, 11) is 0. The van der Waals surface area contributed by atoms with Gasteiger partial charge in [-0.25, -0.2) is 0 Å². The van der Waals surface area contributed by atoms with Crippen LogP contribution in [0.5, 0.6) is 0 Å². The largest absolute Gasteiger partial charge is 0.357 e. The number of halogens is 1. The molecule has 5 nitrogen and oxygen atoms in total. The number of hydrogen-bond donors (Lipinski definition) is 3. The number of benzene rings is 1. The fourth-order valence-electron chi connectivity index (χ4n) is 1.80. The predicted molar refractivity (Wildman–Crippen MR) is 96.4 cm³/mol. The highest BCUT2D eigenvalue weighted by Crippen LogP contribution is 2.20. The fourth-order valence-corrected chi connectivity index (χ4v) is 2.16. The summed E-state index contributed by atoms with van der Waals surface area (Å²) >= 11 is 3.41. The minimum atomic E-state index is -0.0139. The molecule has 0 aliphatic carbocycles. The molecular formula is C16H25BrN4O. The maximum Gasteiger partial charge on any atom is 0.226 e. The monoisotopic (exact) mass is 368 g/mol. The van der Waals surface area contributed by atoms with E-state index in [1.165, 1.54) is 0 Å². The highest BCUT2D eigenvalue weighted by Gasteiger charge is 2.06. The van der Waals surface area contributed by atoms with Gasteiger partial charge in [-0.2, -0.15) is 0 Å². The number of guanidine groups is 1. The third-order valence-corrected chi connectivity index (χ3v) is 3.45. The molecule has 0 heterocycles. The number of carbonyl (C=O) groups is 1. The molecular weight excluding hydrogens is 344 g/mol. The molecule has 122 valence electrons. The van der Waals surface area contributed by atoms with Crippen LogP contribution in [-0.4, -0.2) is 31.5 Å². The van der Waals surface area contributed by atoms with Crippen molar-refractivity contribution in [2.24, 2.45) is 4.99 Å². The van der Waals surface area contributed by atoms with E-state index < -0.39 is 0 Å². The first kappa shape index (κ1) is 18.5. The van der Waals surface area contributed by atoms with Gasteiger partial charge in [-0.1, -0.05) is 28.9 Å². The van der Waals surface area contributed by atoms with Gasteiger partial charge in [0.2, 0.25) is 5.91 Å². The fraction of sp³-hybridized carbons (Fsp3) is 0.500. The molecule has 0 saturated heterocycles. The molecule has 0 atom stereocenters. The predicted octanol–water partition coefficient (Wildman–Crippen LogP) is 3.05. The van der Waals surface area contributed by atoms with E-state index in [1.807, 2.05) is 32.0 Å². The number of rotatable bonds is 7. The Morgan fingerprint density at radius 3 is 2.73 bits per heavy atom. The summed E-state index contributed by atoms with van der Waals surface area (Å²) in [6, 6.07) is 5.84. The number of anilines is 1. The van der Waals surface area contributed by atoms with Crippen LogP contribution >= 0.6 is 15.9 Å². The molecule has 0 unspecified atom stereocenters. The van der Waals surface area contributed by atoms with Gasteiger partial charge in [0.1, 0.15) is 0 Å². The molecule has 0 radical (unpaired) electrons. The van der Waals surface area contributed by atoms with Gasteiger partial charge >= 0.3 is 0 Å². The molecule has 6 heteroatoms. The summed E-state index contributed by atoms with van der Waals surface area (Å²) in [4.78, 5) is 16.4. The van der Waals surface area contributed by atoms with Crippen LogP contribution < -0.4 is 16.0 Å². The lowest BCUT2D eigenvalue weighted by Crippen LogP contribution is -2.38. The van der Waals surface area contributed by atoms with Gasteiger partial charge in [-0.05, 0) is 38.0 Å². The van der Waals surface area contributed by atoms with Crippen LogP contribution in [0.25, 0.3) is 0 Å². The molecule has 1 aromatic rings. The Labute approximate surface area is 141 Å². The van der Waals surface area contributed by atoms with Crippen molar-refractivity contribution in [3.8, 4) is 0 Å². The second-order valence-electron chi connectivity index (χ2n) is 4.94. The Kier molecular flexibility index (Phi) is 8.58. The van der Waals surface area contributed by atoms with Crippen LogP contribution in [0.2, 0.25) is 0 Å². The van der Waals surface area contributed by atoms with Gasteiger partial charge in [0.15, 0.2) is 5.96 Å². The molecule has 0 aliphatic rings. The summed E-state index contributed by atoms with van der Waals surface area (Å²) in [5.74, 6) is 0.746. The van der Waals surface area contributed by atoms with E-state index in [0.29, 0.717) is 13.0 Å². The van der Waals surface area contributed by atoms with E-state index in [2.05, 4.69) is 43.8 Å². The van der Waals surface area contributed by atoms with Gasteiger partial charge in [0, 0.05) is 36.2 Å². The van der Waals surface area contributed by atoms with Crippen molar-refractivity contribution >= 4 is 33.5 Å². The van der Waals surface area contributed by atoms with E-state index in [0.717, 1.165) is 41.2 Å². The minimum absolute atomic E-state index is 0.0139. The van der Waals surface area contributed by atoms with E-state index in [-0.39, 0.29) is 5.91 Å². The lowest BCUT2D eigenvalue weighted by molar-refractivity contribution is -0.116. The SMILES string of the molecule is CCCN=C(NCC)NCCC(=O)Nc1cc(Br)ccc1C. The third-order valence-electron chi connectivity index (χ3n) is 2.96. The number of nitrogens with zero attached hydrogens (tertiary/aromatic N) is 1. The molecule has 0 aromatic heterocycles. The van der Waals surface area contributed by atoms with Gasteiger partial charge in [-0.15, -0.1) is 0 Å². The normalized spacial score (nSPS) is 11.2. The Morgan fingerprint density at radius 1 is 1.27 bits per heavy atom. The molecule has 3 N–H and O–H groups in total. The van der Waals surface area contributed by atoms with Crippen molar-refractivity contribution in [1.29, 1.82) is 0 Å². The zero-order valence-electron chi connectivity index (χ0n) is 13.5. The molecule has 0 saturated carbocycles. The van der Waals surface area contributed by atoms with Crippen molar-refractivity contribution in [1.82, 2.24) is 10.6 Å². The molecule has 0 spiro atoms. The van der Waals surface area contributed by atoms with Crippen molar-refractivity contribution in [2.75, 3.05) is 25.0 Å². The second kappa shape index (κ2) is 10.2. The van der Waals surface area contributed by atoms with Crippen molar-refractivity contribution in [3.63, 3.8) is 0 Å².